The van der Waals surface area contributed by atoms with Crippen LogP contribution in [0.3, 0.4) is 0 Å². The second-order valence-electron chi connectivity index (χ2n) is 5.11. The molecule has 23 heavy (non-hydrogen) atoms. The number of aryl methyl sites for hydroxylation is 1. The van der Waals surface area contributed by atoms with Gasteiger partial charge in [-0.2, -0.15) is 0 Å². The fourth-order valence-electron chi connectivity index (χ4n) is 2.53. The summed E-state index contributed by atoms with van der Waals surface area (Å²) in [5, 5.41) is 9.61. The lowest BCUT2D eigenvalue weighted by Crippen LogP contribution is -2.06. The predicted octanol–water partition coefficient (Wildman–Crippen LogP) is 3.94. The normalized spacial score (nSPS) is 10.7. The van der Waals surface area contributed by atoms with E-state index in [0.29, 0.717) is 16.7 Å². The van der Waals surface area contributed by atoms with E-state index < -0.39 is 5.97 Å². The van der Waals surface area contributed by atoms with Crippen molar-refractivity contribution in [3.63, 3.8) is 0 Å². The van der Waals surface area contributed by atoms with Crippen LogP contribution in [-0.2, 0) is 0 Å². The van der Waals surface area contributed by atoms with Crippen LogP contribution < -0.4 is 10.2 Å². The fraction of sp³-hybridized carbons (Fsp3) is 0.111. The van der Waals surface area contributed by atoms with Gasteiger partial charge in [-0.15, -0.1) is 11.3 Å². The van der Waals surface area contributed by atoms with Gasteiger partial charge in [0.15, 0.2) is 5.43 Å². The van der Waals surface area contributed by atoms with Crippen molar-refractivity contribution < 1.29 is 14.6 Å². The van der Waals surface area contributed by atoms with E-state index in [4.69, 9.17) is 9.84 Å². The first kappa shape index (κ1) is 15.2. The summed E-state index contributed by atoms with van der Waals surface area (Å²) in [6.45, 7) is 1.89. The van der Waals surface area contributed by atoms with Gasteiger partial charge in [-0.1, -0.05) is 12.1 Å². The van der Waals surface area contributed by atoms with Crippen LogP contribution in [0.4, 0.5) is 0 Å². The Bertz CT molecular complexity index is 955. The van der Waals surface area contributed by atoms with E-state index in [1.54, 1.807) is 31.4 Å². The monoisotopic (exact) mass is 326 g/mol. The van der Waals surface area contributed by atoms with Crippen molar-refractivity contribution in [2.45, 2.75) is 6.92 Å². The Morgan fingerprint density at radius 2 is 1.83 bits per heavy atom. The zero-order valence-electron chi connectivity index (χ0n) is 12.6. The van der Waals surface area contributed by atoms with Crippen molar-refractivity contribution in [3.05, 3.63) is 63.1 Å². The molecule has 5 heteroatoms. The van der Waals surface area contributed by atoms with E-state index in [2.05, 4.69) is 0 Å². The van der Waals surface area contributed by atoms with Gasteiger partial charge in [0.1, 0.15) is 5.75 Å². The summed E-state index contributed by atoms with van der Waals surface area (Å²) in [4.78, 5) is 24.7. The second-order valence-corrected chi connectivity index (χ2v) is 6.36. The SMILES string of the molecule is COc1ccc2c(=O)c(-c3ccc(C(=O)O)cc3)c(C)sc2c1. The highest BCUT2D eigenvalue weighted by Crippen LogP contribution is 2.30. The lowest BCUT2D eigenvalue weighted by molar-refractivity contribution is 0.0697. The maximum absolute atomic E-state index is 12.8. The van der Waals surface area contributed by atoms with Gasteiger partial charge in [0, 0.05) is 20.5 Å². The van der Waals surface area contributed by atoms with Crippen LogP contribution in [0.25, 0.3) is 21.2 Å². The summed E-state index contributed by atoms with van der Waals surface area (Å²) in [5.74, 6) is -0.268. The first-order chi connectivity index (χ1) is 11.0. The maximum Gasteiger partial charge on any atom is 0.335 e. The molecule has 0 spiro atoms. The number of carboxylic acid groups (broad SMARTS) is 1. The first-order valence-corrected chi connectivity index (χ1v) is 7.78. The van der Waals surface area contributed by atoms with Gasteiger partial charge in [-0.3, -0.25) is 4.79 Å². The third-order valence-corrected chi connectivity index (χ3v) is 4.76. The number of fused-ring (bicyclic) bond motifs is 1. The highest BCUT2D eigenvalue weighted by atomic mass is 32.1. The Labute approximate surface area is 136 Å². The van der Waals surface area contributed by atoms with Gasteiger partial charge in [-0.05, 0) is 42.8 Å². The average Bonchev–Trinajstić information content (AvgIpc) is 2.54. The van der Waals surface area contributed by atoms with Crippen molar-refractivity contribution in [2.75, 3.05) is 7.11 Å². The van der Waals surface area contributed by atoms with E-state index in [1.807, 2.05) is 13.0 Å². The van der Waals surface area contributed by atoms with E-state index in [-0.39, 0.29) is 11.0 Å². The average molecular weight is 326 g/mol. The maximum atomic E-state index is 12.8. The summed E-state index contributed by atoms with van der Waals surface area (Å²) in [5.41, 5.74) is 1.49. The van der Waals surface area contributed by atoms with E-state index >= 15 is 0 Å². The minimum Gasteiger partial charge on any atom is -0.497 e. The van der Waals surface area contributed by atoms with Crippen molar-refractivity contribution >= 4 is 27.4 Å². The largest absolute Gasteiger partial charge is 0.497 e. The number of aromatic carboxylic acids is 1. The molecular weight excluding hydrogens is 312 g/mol. The molecule has 0 radical (unpaired) electrons. The van der Waals surface area contributed by atoms with E-state index in [9.17, 15) is 9.59 Å². The van der Waals surface area contributed by atoms with Crippen LogP contribution in [0.5, 0.6) is 5.75 Å². The van der Waals surface area contributed by atoms with Crippen LogP contribution >= 0.6 is 11.3 Å². The number of hydrogen-bond acceptors (Lipinski definition) is 4. The summed E-state index contributed by atoms with van der Waals surface area (Å²) >= 11 is 1.52. The quantitative estimate of drug-likeness (QED) is 0.792. The second kappa shape index (κ2) is 5.85. The van der Waals surface area contributed by atoms with Crippen LogP contribution in [-0.4, -0.2) is 18.2 Å². The highest BCUT2D eigenvalue weighted by molar-refractivity contribution is 7.18. The number of ether oxygens (including phenoxy) is 1. The van der Waals surface area contributed by atoms with Crippen molar-refractivity contribution in [2.24, 2.45) is 0 Å². The molecule has 3 aromatic rings. The molecule has 0 aliphatic heterocycles. The molecule has 0 bridgehead atoms. The molecule has 0 aliphatic rings. The van der Waals surface area contributed by atoms with E-state index in [1.165, 1.54) is 23.5 Å². The van der Waals surface area contributed by atoms with Crippen LogP contribution in [0.15, 0.2) is 47.3 Å². The summed E-state index contributed by atoms with van der Waals surface area (Å²) < 4.78 is 6.07. The number of hydrogen-bond donors (Lipinski definition) is 1. The zero-order valence-corrected chi connectivity index (χ0v) is 13.4. The number of rotatable bonds is 3. The fourth-order valence-corrected chi connectivity index (χ4v) is 3.61. The third-order valence-electron chi connectivity index (χ3n) is 3.70. The third kappa shape index (κ3) is 2.71. The Balaban J connectivity index is 2.21. The van der Waals surface area contributed by atoms with Crippen LogP contribution in [0, 0.1) is 6.92 Å². The Morgan fingerprint density at radius 3 is 2.43 bits per heavy atom. The van der Waals surface area contributed by atoms with E-state index in [0.717, 1.165) is 15.1 Å². The molecule has 0 unspecified atom stereocenters. The van der Waals surface area contributed by atoms with Crippen molar-refractivity contribution in [1.82, 2.24) is 0 Å². The van der Waals surface area contributed by atoms with Gasteiger partial charge in [-0.25, -0.2) is 4.79 Å². The molecule has 0 aliphatic carbocycles. The topological polar surface area (TPSA) is 63.6 Å². The lowest BCUT2D eigenvalue weighted by Gasteiger charge is -2.08. The molecule has 0 fully saturated rings. The summed E-state index contributed by atoms with van der Waals surface area (Å²) in [6.07, 6.45) is 0. The molecule has 116 valence electrons. The lowest BCUT2D eigenvalue weighted by atomic mass is 10.0. The summed E-state index contributed by atoms with van der Waals surface area (Å²) in [6, 6.07) is 11.8. The highest BCUT2D eigenvalue weighted by Gasteiger charge is 2.13. The number of benzene rings is 2. The molecule has 1 heterocycles. The first-order valence-electron chi connectivity index (χ1n) is 6.96. The molecule has 1 N–H and O–H groups in total. The molecular formula is C18H14O4S. The Kier molecular flexibility index (Phi) is 3.88. The molecule has 3 rings (SSSR count). The van der Waals surface area contributed by atoms with Gasteiger partial charge >= 0.3 is 5.97 Å². The van der Waals surface area contributed by atoms with Crippen molar-refractivity contribution in [3.8, 4) is 16.9 Å². The molecule has 4 nitrogen and oxygen atoms in total. The van der Waals surface area contributed by atoms with Gasteiger partial charge < -0.3 is 9.84 Å². The standard InChI is InChI=1S/C18H14O4S/c1-10-16(11-3-5-12(6-4-11)18(20)21)17(19)14-8-7-13(22-2)9-15(14)23-10/h3-9H,1-2H3,(H,20,21). The Morgan fingerprint density at radius 1 is 1.13 bits per heavy atom. The molecule has 0 saturated carbocycles. The number of carbonyl (C=O) groups is 1. The zero-order chi connectivity index (χ0) is 16.6. The van der Waals surface area contributed by atoms with Crippen molar-refractivity contribution in [1.29, 1.82) is 0 Å². The molecule has 0 saturated heterocycles. The van der Waals surface area contributed by atoms with Crippen LogP contribution in [0.2, 0.25) is 0 Å². The van der Waals surface area contributed by atoms with Crippen LogP contribution in [0.1, 0.15) is 15.2 Å². The molecule has 2 aromatic carbocycles. The van der Waals surface area contributed by atoms with Gasteiger partial charge in [0.2, 0.25) is 0 Å². The van der Waals surface area contributed by atoms with Gasteiger partial charge in [0.25, 0.3) is 0 Å². The smallest absolute Gasteiger partial charge is 0.335 e. The van der Waals surface area contributed by atoms with Gasteiger partial charge in [0.05, 0.1) is 12.7 Å². The Hall–Kier alpha value is -2.66. The number of methoxy groups -OCH3 is 1. The minimum absolute atomic E-state index is 0.0537. The number of carboxylic acids is 1. The molecule has 1 aromatic heterocycles. The summed E-state index contributed by atoms with van der Waals surface area (Å²) in [7, 11) is 1.59. The molecule has 0 amide bonds. The predicted molar refractivity (Wildman–Crippen MR) is 91.8 cm³/mol. The molecule has 0 atom stereocenters. The minimum atomic E-state index is -0.982.